The molecule has 2 aromatic rings. The summed E-state index contributed by atoms with van der Waals surface area (Å²) in [5, 5.41) is 2.54. The molecule has 1 heterocycles. The summed E-state index contributed by atoms with van der Waals surface area (Å²) in [5.74, 6) is -1.60. The molecule has 0 saturated carbocycles. The van der Waals surface area contributed by atoms with Crippen molar-refractivity contribution in [3.05, 3.63) is 40.7 Å². The third-order valence-electron chi connectivity index (χ3n) is 2.51. The van der Waals surface area contributed by atoms with Crippen molar-refractivity contribution in [2.75, 3.05) is 17.7 Å². The predicted octanol–water partition coefficient (Wildman–Crippen LogP) is 2.29. The van der Waals surface area contributed by atoms with Crippen molar-refractivity contribution in [3.8, 4) is 0 Å². The fourth-order valence-electron chi connectivity index (χ4n) is 1.53. The normalized spacial score (nSPS) is 10.2. The van der Waals surface area contributed by atoms with Crippen LogP contribution in [-0.4, -0.2) is 22.9 Å². The summed E-state index contributed by atoms with van der Waals surface area (Å²) >= 11 is 0.799. The molecule has 0 atom stereocenters. The smallest absolute Gasteiger partial charge is 0.360 e. The van der Waals surface area contributed by atoms with Gasteiger partial charge in [0, 0.05) is 5.69 Å². The maximum absolute atomic E-state index is 12.8. The molecular formula is C13H12FN3O3S. The molecule has 0 fully saturated rings. The number of carbonyl (C=O) groups is 2. The molecule has 0 saturated heterocycles. The Kier molecular flexibility index (Phi) is 4.49. The van der Waals surface area contributed by atoms with Gasteiger partial charge in [-0.1, -0.05) is 0 Å². The second kappa shape index (κ2) is 6.31. The monoisotopic (exact) mass is 309 g/mol. The number of hydrogen-bond donors (Lipinski definition) is 2. The molecule has 0 unspecified atom stereocenters. The largest absolute Gasteiger partial charge is 0.461 e. The second-order valence-corrected chi connectivity index (χ2v) is 4.73. The molecule has 0 radical (unpaired) electrons. The van der Waals surface area contributed by atoms with Gasteiger partial charge in [0.05, 0.1) is 12.3 Å². The van der Waals surface area contributed by atoms with Gasteiger partial charge in [0.2, 0.25) is 0 Å². The maximum atomic E-state index is 12.8. The molecule has 2 rings (SSSR count). The highest BCUT2D eigenvalue weighted by Crippen LogP contribution is 2.23. The van der Waals surface area contributed by atoms with E-state index in [0.29, 0.717) is 5.69 Å². The van der Waals surface area contributed by atoms with Crippen LogP contribution in [0.5, 0.6) is 0 Å². The van der Waals surface area contributed by atoms with E-state index in [-0.39, 0.29) is 22.9 Å². The van der Waals surface area contributed by atoms with Crippen LogP contribution >= 0.6 is 11.5 Å². The summed E-state index contributed by atoms with van der Waals surface area (Å²) in [5.41, 5.74) is 6.04. The molecule has 0 aliphatic carbocycles. The van der Waals surface area contributed by atoms with Crippen LogP contribution in [0.15, 0.2) is 24.3 Å². The van der Waals surface area contributed by atoms with Gasteiger partial charge < -0.3 is 15.8 Å². The molecule has 0 spiro atoms. The first kappa shape index (κ1) is 14.9. The highest BCUT2D eigenvalue weighted by molar-refractivity contribution is 7.09. The lowest BCUT2D eigenvalue weighted by Crippen LogP contribution is -2.13. The Labute approximate surface area is 123 Å². The quantitative estimate of drug-likeness (QED) is 0.845. The zero-order valence-electron chi connectivity index (χ0n) is 11.1. The molecular weight excluding hydrogens is 297 g/mol. The number of nitrogens with one attached hydrogen (secondary N) is 1. The Morgan fingerprint density at radius 1 is 1.38 bits per heavy atom. The van der Waals surface area contributed by atoms with Gasteiger partial charge >= 0.3 is 5.97 Å². The van der Waals surface area contributed by atoms with E-state index >= 15 is 0 Å². The molecule has 1 amide bonds. The van der Waals surface area contributed by atoms with Crippen molar-refractivity contribution in [3.63, 3.8) is 0 Å². The number of nitrogen functional groups attached to an aromatic ring is 1. The lowest BCUT2D eigenvalue weighted by Gasteiger charge is -2.04. The van der Waals surface area contributed by atoms with Crippen molar-refractivity contribution in [1.29, 1.82) is 0 Å². The number of carbonyl (C=O) groups excluding carboxylic acids is 2. The Balaban J connectivity index is 2.16. The molecule has 1 aromatic carbocycles. The molecule has 0 aliphatic rings. The minimum Gasteiger partial charge on any atom is -0.461 e. The van der Waals surface area contributed by atoms with Crippen LogP contribution in [0.4, 0.5) is 15.8 Å². The highest BCUT2D eigenvalue weighted by Gasteiger charge is 2.22. The maximum Gasteiger partial charge on any atom is 0.360 e. The lowest BCUT2D eigenvalue weighted by atomic mass is 10.2. The average Bonchev–Trinajstić information content (AvgIpc) is 2.83. The average molecular weight is 309 g/mol. The molecule has 110 valence electrons. The molecule has 3 N–H and O–H groups in total. The van der Waals surface area contributed by atoms with Crippen LogP contribution in [0.25, 0.3) is 0 Å². The number of halogens is 1. The van der Waals surface area contributed by atoms with Gasteiger partial charge in [-0.25, -0.2) is 9.18 Å². The first-order valence-electron chi connectivity index (χ1n) is 6.02. The number of benzene rings is 1. The van der Waals surface area contributed by atoms with Crippen LogP contribution in [0.2, 0.25) is 0 Å². The van der Waals surface area contributed by atoms with Crippen LogP contribution in [0, 0.1) is 5.82 Å². The molecule has 1 aromatic heterocycles. The summed E-state index contributed by atoms with van der Waals surface area (Å²) in [4.78, 5) is 23.7. The van der Waals surface area contributed by atoms with E-state index < -0.39 is 17.7 Å². The third-order valence-corrected chi connectivity index (χ3v) is 3.37. The SMILES string of the molecule is CCOC(=O)c1nsc(C(=O)Nc2ccc(F)cc2)c1N. The van der Waals surface area contributed by atoms with Gasteiger partial charge in [0.1, 0.15) is 10.7 Å². The molecule has 0 aliphatic heterocycles. The van der Waals surface area contributed by atoms with E-state index in [4.69, 9.17) is 10.5 Å². The number of hydrogen-bond acceptors (Lipinski definition) is 6. The minimum absolute atomic E-state index is 0.0296. The number of anilines is 2. The van der Waals surface area contributed by atoms with E-state index in [1.165, 1.54) is 24.3 Å². The fraction of sp³-hybridized carbons (Fsp3) is 0.154. The van der Waals surface area contributed by atoms with Crippen LogP contribution < -0.4 is 11.1 Å². The van der Waals surface area contributed by atoms with Gasteiger partial charge in [0.25, 0.3) is 5.91 Å². The van der Waals surface area contributed by atoms with E-state index in [1.807, 2.05) is 0 Å². The number of nitrogens with two attached hydrogens (primary N) is 1. The standard InChI is InChI=1S/C13H12FN3O3S/c1-2-20-13(19)10-9(15)11(21-17-10)12(18)16-8-5-3-7(14)4-6-8/h3-6H,2,15H2,1H3,(H,16,18). The second-order valence-electron chi connectivity index (χ2n) is 3.96. The first-order valence-corrected chi connectivity index (χ1v) is 6.79. The number of ether oxygens (including phenoxy) is 1. The van der Waals surface area contributed by atoms with Crippen molar-refractivity contribution in [2.45, 2.75) is 6.92 Å². The number of amides is 1. The lowest BCUT2D eigenvalue weighted by molar-refractivity contribution is 0.0522. The number of nitrogens with zero attached hydrogens (tertiary/aromatic N) is 1. The predicted molar refractivity (Wildman–Crippen MR) is 76.8 cm³/mol. The Morgan fingerprint density at radius 3 is 2.67 bits per heavy atom. The summed E-state index contributed by atoms with van der Waals surface area (Å²) < 4.78 is 21.4. The fourth-order valence-corrected chi connectivity index (χ4v) is 2.21. The van der Waals surface area contributed by atoms with Crippen molar-refractivity contribution in [1.82, 2.24) is 4.37 Å². The van der Waals surface area contributed by atoms with Crippen LogP contribution in [0.3, 0.4) is 0 Å². The summed E-state index contributed by atoms with van der Waals surface area (Å²) in [6, 6.07) is 5.26. The zero-order chi connectivity index (χ0) is 15.4. The van der Waals surface area contributed by atoms with Gasteiger partial charge in [-0.2, -0.15) is 4.37 Å². The van der Waals surface area contributed by atoms with E-state index in [9.17, 15) is 14.0 Å². The van der Waals surface area contributed by atoms with Crippen LogP contribution in [-0.2, 0) is 4.74 Å². The minimum atomic E-state index is -0.674. The zero-order valence-corrected chi connectivity index (χ0v) is 11.9. The molecule has 8 heteroatoms. The van der Waals surface area contributed by atoms with Crippen molar-refractivity contribution in [2.24, 2.45) is 0 Å². The molecule has 21 heavy (non-hydrogen) atoms. The van der Waals surface area contributed by atoms with Gasteiger partial charge in [-0.3, -0.25) is 4.79 Å². The van der Waals surface area contributed by atoms with E-state index in [1.54, 1.807) is 6.92 Å². The Morgan fingerprint density at radius 2 is 2.05 bits per heavy atom. The third kappa shape index (κ3) is 3.34. The van der Waals surface area contributed by atoms with E-state index in [0.717, 1.165) is 11.5 Å². The number of rotatable bonds is 4. The van der Waals surface area contributed by atoms with Crippen LogP contribution in [0.1, 0.15) is 27.1 Å². The first-order chi connectivity index (χ1) is 10.0. The van der Waals surface area contributed by atoms with E-state index in [2.05, 4.69) is 9.69 Å². The Hall–Kier alpha value is -2.48. The summed E-state index contributed by atoms with van der Waals surface area (Å²) in [6.45, 7) is 1.84. The van der Waals surface area contributed by atoms with Gasteiger partial charge in [-0.15, -0.1) is 0 Å². The topological polar surface area (TPSA) is 94.3 Å². The van der Waals surface area contributed by atoms with Crippen molar-refractivity contribution < 1.29 is 18.7 Å². The molecule has 0 bridgehead atoms. The summed E-state index contributed by atoms with van der Waals surface area (Å²) in [6.07, 6.45) is 0. The van der Waals surface area contributed by atoms with Gasteiger partial charge in [-0.05, 0) is 42.7 Å². The number of aromatic nitrogens is 1. The van der Waals surface area contributed by atoms with Crippen molar-refractivity contribution >= 4 is 34.8 Å². The van der Waals surface area contributed by atoms with Gasteiger partial charge in [0.15, 0.2) is 5.69 Å². The Bertz CT molecular complexity index is 670. The number of esters is 1. The summed E-state index contributed by atoms with van der Waals surface area (Å²) in [7, 11) is 0. The highest BCUT2D eigenvalue weighted by atomic mass is 32.1. The molecule has 6 nitrogen and oxygen atoms in total.